The zero-order valence-electron chi connectivity index (χ0n) is 10.3. The highest BCUT2D eigenvalue weighted by Crippen LogP contribution is 2.29. The third-order valence-electron chi connectivity index (χ3n) is 2.94. The van der Waals surface area contributed by atoms with Crippen molar-refractivity contribution in [2.75, 3.05) is 26.8 Å². The molecule has 19 heavy (non-hydrogen) atoms. The molecule has 0 saturated carbocycles. The summed E-state index contributed by atoms with van der Waals surface area (Å²) in [5.41, 5.74) is 0.477. The molecular weight excluding hydrogens is 334 g/mol. The highest BCUT2D eigenvalue weighted by atomic mass is 79.9. The van der Waals surface area contributed by atoms with E-state index >= 15 is 0 Å². The molecule has 0 radical (unpaired) electrons. The van der Waals surface area contributed by atoms with Gasteiger partial charge >= 0.3 is 0 Å². The lowest BCUT2D eigenvalue weighted by Gasteiger charge is -2.26. The van der Waals surface area contributed by atoms with Crippen LogP contribution in [0.3, 0.4) is 0 Å². The lowest BCUT2D eigenvalue weighted by Crippen LogP contribution is -2.40. The van der Waals surface area contributed by atoms with Crippen LogP contribution in [0.15, 0.2) is 27.6 Å². The Balaban J connectivity index is 2.31. The molecule has 1 saturated heterocycles. The number of rotatable bonds is 5. The van der Waals surface area contributed by atoms with Gasteiger partial charge in [0.25, 0.3) is 0 Å². The Bertz CT molecular complexity index is 596. The summed E-state index contributed by atoms with van der Waals surface area (Å²) in [6.07, 6.45) is 0. The van der Waals surface area contributed by atoms with Crippen molar-refractivity contribution in [2.45, 2.75) is 10.1 Å². The summed E-state index contributed by atoms with van der Waals surface area (Å²) < 4.78 is 29.8. The molecule has 1 aromatic carbocycles. The first-order valence-electron chi connectivity index (χ1n) is 5.76. The van der Waals surface area contributed by atoms with Crippen molar-refractivity contribution >= 4 is 31.6 Å². The van der Waals surface area contributed by atoms with Gasteiger partial charge in [0, 0.05) is 10.0 Å². The molecule has 5 nitrogen and oxygen atoms in total. The van der Waals surface area contributed by atoms with Gasteiger partial charge in [-0.3, -0.25) is 4.79 Å². The molecule has 0 atom stereocenters. The van der Waals surface area contributed by atoms with Gasteiger partial charge in [-0.2, -0.15) is 0 Å². The number of ketones is 1. The van der Waals surface area contributed by atoms with Crippen LogP contribution in [0.2, 0.25) is 0 Å². The summed E-state index contributed by atoms with van der Waals surface area (Å²) in [5.74, 6) is -0.0841. The first-order chi connectivity index (χ1) is 8.96. The largest absolute Gasteiger partial charge is 0.379 e. The molecule has 1 aliphatic rings. The van der Waals surface area contributed by atoms with Crippen LogP contribution in [0.1, 0.15) is 10.4 Å². The van der Waals surface area contributed by atoms with Gasteiger partial charge < -0.3 is 10.1 Å². The van der Waals surface area contributed by atoms with E-state index in [2.05, 4.69) is 21.2 Å². The van der Waals surface area contributed by atoms with Crippen molar-refractivity contribution in [1.82, 2.24) is 5.32 Å². The predicted molar refractivity (Wildman–Crippen MR) is 74.2 cm³/mol. The zero-order valence-corrected chi connectivity index (χ0v) is 12.8. The van der Waals surface area contributed by atoms with Crippen LogP contribution in [0, 0.1) is 0 Å². The minimum absolute atomic E-state index is 0.0841. The van der Waals surface area contributed by atoms with Crippen molar-refractivity contribution in [2.24, 2.45) is 0 Å². The van der Waals surface area contributed by atoms with Gasteiger partial charge in [-0.15, -0.1) is 0 Å². The fourth-order valence-corrected chi connectivity index (χ4v) is 4.29. The molecule has 0 spiro atoms. The molecule has 0 unspecified atom stereocenters. The molecule has 1 aromatic rings. The second kappa shape index (κ2) is 5.70. The highest BCUT2D eigenvalue weighted by molar-refractivity contribution is 9.10. The van der Waals surface area contributed by atoms with E-state index in [4.69, 9.17) is 4.74 Å². The predicted octanol–water partition coefficient (Wildman–Crippen LogP) is 1.02. The number of carbonyl (C=O) groups is 1. The smallest absolute Gasteiger partial charge is 0.186 e. The molecule has 1 heterocycles. The van der Waals surface area contributed by atoms with E-state index in [1.165, 1.54) is 12.1 Å². The number of halogens is 1. The normalized spacial score (nSPS) is 16.1. The molecule has 0 amide bonds. The summed E-state index contributed by atoms with van der Waals surface area (Å²) in [7, 11) is -1.70. The SMILES string of the molecule is CNCC(=O)c1ccc(S(=O)(=O)C2COC2)c(Br)c1. The van der Waals surface area contributed by atoms with Gasteiger partial charge in [-0.1, -0.05) is 0 Å². The van der Waals surface area contributed by atoms with Gasteiger partial charge in [0.2, 0.25) is 0 Å². The van der Waals surface area contributed by atoms with Crippen molar-refractivity contribution in [1.29, 1.82) is 0 Å². The average Bonchev–Trinajstić information content (AvgIpc) is 2.25. The van der Waals surface area contributed by atoms with E-state index in [-0.39, 0.29) is 30.4 Å². The van der Waals surface area contributed by atoms with Crippen LogP contribution in [0.4, 0.5) is 0 Å². The van der Waals surface area contributed by atoms with E-state index in [1.807, 2.05) is 0 Å². The Hall–Kier alpha value is -0.760. The second-order valence-electron chi connectivity index (χ2n) is 4.30. The summed E-state index contributed by atoms with van der Waals surface area (Å²) in [4.78, 5) is 11.9. The number of benzene rings is 1. The molecule has 1 aliphatic heterocycles. The summed E-state index contributed by atoms with van der Waals surface area (Å²) in [6, 6.07) is 4.56. The molecule has 7 heteroatoms. The average molecular weight is 348 g/mol. The minimum atomic E-state index is -3.39. The molecule has 1 fully saturated rings. The molecular formula is C12H14BrNO4S. The monoisotopic (exact) mass is 347 g/mol. The standard InChI is InChI=1S/C12H14BrNO4S/c1-14-5-11(15)8-2-3-12(10(13)4-8)19(16,17)9-6-18-7-9/h2-4,9,14H,5-7H2,1H3. The third kappa shape index (κ3) is 2.89. The van der Waals surface area contributed by atoms with E-state index in [1.54, 1.807) is 13.1 Å². The van der Waals surface area contributed by atoms with Crippen molar-refractivity contribution in [3.63, 3.8) is 0 Å². The van der Waals surface area contributed by atoms with Gasteiger partial charge in [0.05, 0.1) is 24.7 Å². The van der Waals surface area contributed by atoms with Gasteiger partial charge in [-0.05, 0) is 41.2 Å². The van der Waals surface area contributed by atoms with Crippen molar-refractivity contribution in [3.8, 4) is 0 Å². The maximum Gasteiger partial charge on any atom is 0.186 e. The quantitative estimate of drug-likeness (QED) is 0.805. The maximum absolute atomic E-state index is 12.2. The Labute approximate surface area is 120 Å². The molecule has 0 bridgehead atoms. The molecule has 1 N–H and O–H groups in total. The van der Waals surface area contributed by atoms with E-state index in [9.17, 15) is 13.2 Å². The van der Waals surface area contributed by atoms with Crippen LogP contribution in [0.5, 0.6) is 0 Å². The summed E-state index contributed by atoms with van der Waals surface area (Å²) in [6.45, 7) is 0.680. The maximum atomic E-state index is 12.2. The fourth-order valence-electron chi connectivity index (χ4n) is 1.74. The Morgan fingerprint density at radius 3 is 2.63 bits per heavy atom. The molecule has 104 valence electrons. The van der Waals surface area contributed by atoms with Crippen LogP contribution in [-0.2, 0) is 14.6 Å². The van der Waals surface area contributed by atoms with Crippen LogP contribution in [0.25, 0.3) is 0 Å². The lowest BCUT2D eigenvalue weighted by molar-refractivity contribution is 0.0416. The number of ether oxygens (including phenoxy) is 1. The van der Waals surface area contributed by atoms with Gasteiger partial charge in [-0.25, -0.2) is 8.42 Å². The van der Waals surface area contributed by atoms with Crippen LogP contribution >= 0.6 is 15.9 Å². The Morgan fingerprint density at radius 1 is 1.47 bits per heavy atom. The van der Waals surface area contributed by atoms with E-state index in [0.717, 1.165) is 0 Å². The minimum Gasteiger partial charge on any atom is -0.379 e. The number of hydrogen-bond acceptors (Lipinski definition) is 5. The topological polar surface area (TPSA) is 72.5 Å². The number of sulfone groups is 1. The number of carbonyl (C=O) groups excluding carboxylic acids is 1. The summed E-state index contributed by atoms with van der Waals surface area (Å²) >= 11 is 3.23. The number of likely N-dealkylation sites (N-methyl/N-ethyl adjacent to an activating group) is 1. The van der Waals surface area contributed by atoms with Crippen molar-refractivity contribution < 1.29 is 17.9 Å². The van der Waals surface area contributed by atoms with E-state index in [0.29, 0.717) is 10.0 Å². The first kappa shape index (κ1) is 14.6. The lowest BCUT2D eigenvalue weighted by atomic mass is 10.1. The van der Waals surface area contributed by atoms with Gasteiger partial charge in [0.1, 0.15) is 5.25 Å². The van der Waals surface area contributed by atoms with Crippen molar-refractivity contribution in [3.05, 3.63) is 28.2 Å². The Kier molecular flexibility index (Phi) is 4.39. The fraction of sp³-hybridized carbons (Fsp3) is 0.417. The number of hydrogen-bond donors (Lipinski definition) is 1. The Morgan fingerprint density at radius 2 is 2.16 bits per heavy atom. The second-order valence-corrected chi connectivity index (χ2v) is 7.35. The molecule has 0 aromatic heterocycles. The first-order valence-corrected chi connectivity index (χ1v) is 8.09. The number of nitrogens with one attached hydrogen (secondary N) is 1. The van der Waals surface area contributed by atoms with Crippen LogP contribution < -0.4 is 5.32 Å². The number of Topliss-reactive ketones (excluding diaryl/α,β-unsaturated/α-hetero) is 1. The van der Waals surface area contributed by atoms with Gasteiger partial charge in [0.15, 0.2) is 15.6 Å². The molecule has 0 aliphatic carbocycles. The zero-order chi connectivity index (χ0) is 14.0. The highest BCUT2D eigenvalue weighted by Gasteiger charge is 2.35. The van der Waals surface area contributed by atoms with Crippen LogP contribution in [-0.4, -0.2) is 46.3 Å². The molecule has 2 rings (SSSR count). The van der Waals surface area contributed by atoms with E-state index < -0.39 is 15.1 Å². The third-order valence-corrected chi connectivity index (χ3v) is 5.98. The summed E-state index contributed by atoms with van der Waals surface area (Å²) in [5, 5.41) is 2.28.